The van der Waals surface area contributed by atoms with Crippen molar-refractivity contribution < 1.29 is 38.4 Å². The fourth-order valence-corrected chi connectivity index (χ4v) is 3.47. The molecule has 194 valence electrons. The summed E-state index contributed by atoms with van der Waals surface area (Å²) < 4.78 is 20.8. The number of unbranched alkanes of at least 4 members (excludes halogenated alkanes) is 7. The van der Waals surface area contributed by atoms with E-state index in [4.69, 9.17) is 24.1 Å². The monoisotopic (exact) mass is 493 g/mol. The minimum Gasteiger partial charge on any atom is -0.480 e. The Morgan fingerprint density at radius 1 is 0.697 bits per heavy atom. The highest BCUT2D eigenvalue weighted by molar-refractivity contribution is 8.13. The van der Waals surface area contributed by atoms with Crippen molar-refractivity contribution in [1.29, 1.82) is 0 Å². The molecule has 0 radical (unpaired) electrons. The van der Waals surface area contributed by atoms with E-state index in [1.54, 1.807) is 6.92 Å². The number of carboxylic acids is 1. The summed E-state index contributed by atoms with van der Waals surface area (Å²) in [4.78, 5) is 32.8. The van der Waals surface area contributed by atoms with E-state index in [-0.39, 0.29) is 24.2 Å². The SMILES string of the molecule is CC(=O)SCCCCCCCCCCC(=O)NCCOCCOCCOCCOCC(=O)O. The molecule has 0 saturated heterocycles. The molecule has 0 spiro atoms. The maximum atomic E-state index is 11.8. The number of ether oxygens (including phenoxy) is 4. The summed E-state index contributed by atoms with van der Waals surface area (Å²) in [5.74, 6) is 0.0155. The molecule has 0 heterocycles. The minimum absolute atomic E-state index is 0.0716. The van der Waals surface area contributed by atoms with Crippen LogP contribution in [-0.4, -0.2) is 87.3 Å². The summed E-state index contributed by atoms with van der Waals surface area (Å²) in [5.41, 5.74) is 0. The number of rotatable bonds is 25. The van der Waals surface area contributed by atoms with Crippen LogP contribution in [0.1, 0.15) is 64.7 Å². The average Bonchev–Trinajstić information content (AvgIpc) is 2.77. The lowest BCUT2D eigenvalue weighted by atomic mass is 10.1. The molecule has 9 nitrogen and oxygen atoms in total. The molecular weight excluding hydrogens is 450 g/mol. The second kappa shape index (κ2) is 25.4. The highest BCUT2D eigenvalue weighted by atomic mass is 32.2. The van der Waals surface area contributed by atoms with Crippen LogP contribution in [-0.2, 0) is 33.3 Å². The largest absolute Gasteiger partial charge is 0.480 e. The van der Waals surface area contributed by atoms with Crippen LogP contribution in [0.2, 0.25) is 0 Å². The Morgan fingerprint density at radius 2 is 1.18 bits per heavy atom. The number of carboxylic acid groups (broad SMARTS) is 1. The Kier molecular flexibility index (Phi) is 24.5. The van der Waals surface area contributed by atoms with Gasteiger partial charge in [-0.3, -0.25) is 9.59 Å². The van der Waals surface area contributed by atoms with E-state index in [0.717, 1.165) is 25.0 Å². The van der Waals surface area contributed by atoms with E-state index in [2.05, 4.69) is 5.32 Å². The van der Waals surface area contributed by atoms with Crippen molar-refractivity contribution in [3.8, 4) is 0 Å². The first-order valence-corrected chi connectivity index (χ1v) is 12.9. The molecule has 10 heteroatoms. The third-order valence-corrected chi connectivity index (χ3v) is 5.41. The predicted molar refractivity (Wildman–Crippen MR) is 129 cm³/mol. The number of carbonyl (C=O) groups excluding carboxylic acids is 2. The zero-order chi connectivity index (χ0) is 24.4. The first-order chi connectivity index (χ1) is 16.0. The molecule has 33 heavy (non-hydrogen) atoms. The average molecular weight is 494 g/mol. The van der Waals surface area contributed by atoms with Crippen LogP contribution in [0.25, 0.3) is 0 Å². The number of aliphatic carboxylic acids is 1. The summed E-state index contributed by atoms with van der Waals surface area (Å²) in [7, 11) is 0. The maximum absolute atomic E-state index is 11.8. The quantitative estimate of drug-likeness (QED) is 0.185. The third kappa shape index (κ3) is 28.8. The van der Waals surface area contributed by atoms with Gasteiger partial charge in [-0.2, -0.15) is 0 Å². The van der Waals surface area contributed by atoms with Gasteiger partial charge in [0, 0.05) is 25.6 Å². The molecule has 2 N–H and O–H groups in total. The minimum atomic E-state index is -0.996. The molecule has 0 saturated carbocycles. The summed E-state index contributed by atoms with van der Waals surface area (Å²) in [6.45, 7) is 4.57. The van der Waals surface area contributed by atoms with Crippen LogP contribution in [0.5, 0.6) is 0 Å². The lowest BCUT2D eigenvalue weighted by molar-refractivity contribution is -0.142. The molecule has 0 aromatic rings. The molecule has 0 bridgehead atoms. The van der Waals surface area contributed by atoms with Gasteiger partial charge in [-0.15, -0.1) is 0 Å². The number of thioether (sulfide) groups is 1. The lowest BCUT2D eigenvalue weighted by Gasteiger charge is -2.08. The Morgan fingerprint density at radius 3 is 1.73 bits per heavy atom. The number of nitrogens with one attached hydrogen (secondary N) is 1. The normalized spacial score (nSPS) is 10.9. The van der Waals surface area contributed by atoms with E-state index >= 15 is 0 Å². The molecule has 0 aromatic carbocycles. The van der Waals surface area contributed by atoms with Crippen molar-refractivity contribution in [3.05, 3.63) is 0 Å². The van der Waals surface area contributed by atoms with Crippen molar-refractivity contribution in [2.75, 3.05) is 65.2 Å². The van der Waals surface area contributed by atoms with E-state index < -0.39 is 5.97 Å². The zero-order valence-corrected chi connectivity index (χ0v) is 21.0. The van der Waals surface area contributed by atoms with Crippen molar-refractivity contribution >= 4 is 28.8 Å². The van der Waals surface area contributed by atoms with Crippen LogP contribution in [0.15, 0.2) is 0 Å². The zero-order valence-electron chi connectivity index (χ0n) is 20.1. The summed E-state index contributed by atoms with van der Waals surface area (Å²) in [6, 6.07) is 0. The van der Waals surface area contributed by atoms with Gasteiger partial charge in [0.15, 0.2) is 5.12 Å². The molecule has 0 aliphatic carbocycles. The number of hydrogen-bond acceptors (Lipinski definition) is 8. The molecule has 1 amide bonds. The van der Waals surface area contributed by atoms with Crippen molar-refractivity contribution in [1.82, 2.24) is 5.32 Å². The predicted octanol–water partition coefficient (Wildman–Crippen LogP) is 3.04. The topological polar surface area (TPSA) is 120 Å². The molecular formula is C23H43NO8S. The Balaban J connectivity index is 3.17. The molecule has 0 unspecified atom stereocenters. The molecule has 0 rings (SSSR count). The molecule has 0 aliphatic heterocycles. The first kappa shape index (κ1) is 31.8. The van der Waals surface area contributed by atoms with E-state index in [9.17, 15) is 14.4 Å². The van der Waals surface area contributed by atoms with Gasteiger partial charge in [0.2, 0.25) is 5.91 Å². The van der Waals surface area contributed by atoms with Gasteiger partial charge in [0.1, 0.15) is 6.61 Å². The molecule has 0 fully saturated rings. The summed E-state index contributed by atoms with van der Waals surface area (Å²) in [6.07, 6.45) is 9.71. The molecule has 0 atom stereocenters. The van der Waals surface area contributed by atoms with Gasteiger partial charge in [-0.1, -0.05) is 50.3 Å². The molecule has 0 aromatic heterocycles. The summed E-state index contributed by atoms with van der Waals surface area (Å²) in [5, 5.41) is 11.5. The second-order valence-corrected chi connectivity index (χ2v) is 8.82. The van der Waals surface area contributed by atoms with Gasteiger partial charge in [-0.25, -0.2) is 4.79 Å². The van der Waals surface area contributed by atoms with Crippen LogP contribution >= 0.6 is 11.8 Å². The fraction of sp³-hybridized carbons (Fsp3) is 0.870. The van der Waals surface area contributed by atoms with Crippen LogP contribution < -0.4 is 5.32 Å². The highest BCUT2D eigenvalue weighted by Gasteiger charge is 2.01. The van der Waals surface area contributed by atoms with E-state index in [0.29, 0.717) is 52.6 Å². The lowest BCUT2D eigenvalue weighted by Crippen LogP contribution is -2.27. The number of carbonyl (C=O) groups is 3. The Hall–Kier alpha value is -1.20. The smallest absolute Gasteiger partial charge is 0.329 e. The van der Waals surface area contributed by atoms with E-state index in [1.165, 1.54) is 43.9 Å². The fourth-order valence-electron chi connectivity index (χ4n) is 2.83. The van der Waals surface area contributed by atoms with Gasteiger partial charge in [0.05, 0.1) is 46.2 Å². The Labute approximate surface area is 202 Å². The Bertz CT molecular complexity index is 493. The van der Waals surface area contributed by atoms with Gasteiger partial charge in [-0.05, 0) is 12.8 Å². The van der Waals surface area contributed by atoms with Gasteiger partial charge in [0.25, 0.3) is 0 Å². The second-order valence-electron chi connectivity index (χ2n) is 7.55. The van der Waals surface area contributed by atoms with Gasteiger partial charge >= 0.3 is 5.97 Å². The maximum Gasteiger partial charge on any atom is 0.329 e. The van der Waals surface area contributed by atoms with E-state index in [1.807, 2.05) is 0 Å². The van der Waals surface area contributed by atoms with Crippen molar-refractivity contribution in [2.24, 2.45) is 0 Å². The standard InChI is InChI=1S/C23H43NO8S/c1-21(25)33-19-9-7-5-3-2-4-6-8-10-22(26)24-11-12-29-13-14-30-15-16-31-17-18-32-20-23(27)28/h2-20H2,1H3,(H,24,26)(H,27,28). The first-order valence-electron chi connectivity index (χ1n) is 11.9. The van der Waals surface area contributed by atoms with Crippen molar-refractivity contribution in [3.63, 3.8) is 0 Å². The number of hydrogen-bond donors (Lipinski definition) is 2. The highest BCUT2D eigenvalue weighted by Crippen LogP contribution is 2.12. The van der Waals surface area contributed by atoms with Crippen LogP contribution in [0.3, 0.4) is 0 Å². The van der Waals surface area contributed by atoms with Crippen LogP contribution in [0.4, 0.5) is 0 Å². The third-order valence-electron chi connectivity index (χ3n) is 4.51. The number of amides is 1. The summed E-state index contributed by atoms with van der Waals surface area (Å²) >= 11 is 1.41. The van der Waals surface area contributed by atoms with Crippen LogP contribution in [0, 0.1) is 0 Å². The molecule has 0 aliphatic rings. The van der Waals surface area contributed by atoms with Gasteiger partial charge < -0.3 is 29.4 Å². The van der Waals surface area contributed by atoms with Crippen molar-refractivity contribution in [2.45, 2.75) is 64.7 Å².